The molecule has 1 rings (SSSR count). The fourth-order valence-electron chi connectivity index (χ4n) is 2.95. The molecule has 0 radical (unpaired) electrons. The van der Waals surface area contributed by atoms with Crippen LogP contribution in [0.4, 0.5) is 0 Å². The van der Waals surface area contributed by atoms with Gasteiger partial charge in [-0.25, -0.2) is 0 Å². The molecule has 1 saturated carbocycles. The second-order valence-corrected chi connectivity index (χ2v) is 7.20. The van der Waals surface area contributed by atoms with Gasteiger partial charge in [0.15, 0.2) is 0 Å². The molecule has 0 amide bonds. The van der Waals surface area contributed by atoms with Gasteiger partial charge in [0.25, 0.3) is 0 Å². The number of rotatable bonds is 7. The maximum Gasteiger partial charge on any atom is -0.0282 e. The van der Waals surface area contributed by atoms with Gasteiger partial charge < -0.3 is 0 Å². The molecule has 0 spiro atoms. The monoisotopic (exact) mass is 292 g/mol. The molecule has 0 atom stereocenters. The summed E-state index contributed by atoms with van der Waals surface area (Å²) in [5.74, 6) is 1.90. The van der Waals surface area contributed by atoms with Crippen LogP contribution in [-0.2, 0) is 0 Å². The van der Waals surface area contributed by atoms with Gasteiger partial charge in [-0.15, -0.1) is 0 Å². The van der Waals surface area contributed by atoms with Gasteiger partial charge in [-0.1, -0.05) is 95.9 Å². The molecule has 1 aliphatic carbocycles. The van der Waals surface area contributed by atoms with Crippen molar-refractivity contribution in [1.29, 1.82) is 0 Å². The molecule has 0 heterocycles. The molecule has 1 fully saturated rings. The van der Waals surface area contributed by atoms with E-state index in [2.05, 4.69) is 52.8 Å². The predicted molar refractivity (Wildman–Crippen MR) is 98.7 cm³/mol. The summed E-state index contributed by atoms with van der Waals surface area (Å²) in [6.07, 6.45) is 21.2. The molecule has 0 bridgehead atoms. The maximum atomic E-state index is 2.25. The first-order valence-electron chi connectivity index (χ1n) is 9.38. The summed E-state index contributed by atoms with van der Waals surface area (Å²) in [6, 6.07) is 0. The molecule has 0 aromatic carbocycles. The molecule has 0 aromatic heterocycles. The molecule has 0 aromatic rings. The summed E-state index contributed by atoms with van der Waals surface area (Å²) in [4.78, 5) is 0. The Hall–Kier alpha value is -0.520. The number of allylic oxidation sites excluding steroid dienone is 4. The quantitative estimate of drug-likeness (QED) is 0.333. The van der Waals surface area contributed by atoms with E-state index in [9.17, 15) is 0 Å². The molecule has 21 heavy (non-hydrogen) atoms. The topological polar surface area (TPSA) is 0 Å². The minimum absolute atomic E-state index is 0.833. The predicted octanol–water partition coefficient (Wildman–Crippen LogP) is 7.70. The van der Waals surface area contributed by atoms with E-state index in [4.69, 9.17) is 0 Å². The van der Waals surface area contributed by atoms with Crippen LogP contribution in [0, 0.1) is 11.8 Å². The zero-order chi connectivity index (χ0) is 15.9. The third-order valence-corrected chi connectivity index (χ3v) is 4.05. The Morgan fingerprint density at radius 1 is 0.952 bits per heavy atom. The van der Waals surface area contributed by atoms with Crippen molar-refractivity contribution < 1.29 is 0 Å². The number of hydrogen-bond acceptors (Lipinski definition) is 0. The summed E-state index contributed by atoms with van der Waals surface area (Å²) in [5.41, 5.74) is 1.50. The van der Waals surface area contributed by atoms with Crippen molar-refractivity contribution >= 4 is 0 Å². The normalized spacial score (nSPS) is 17.1. The summed E-state index contributed by atoms with van der Waals surface area (Å²) in [5, 5.41) is 0. The van der Waals surface area contributed by atoms with Crippen molar-refractivity contribution in [3.05, 3.63) is 23.8 Å². The van der Waals surface area contributed by atoms with Crippen molar-refractivity contribution in [3.63, 3.8) is 0 Å². The van der Waals surface area contributed by atoms with Gasteiger partial charge in [-0.3, -0.25) is 0 Å². The van der Waals surface area contributed by atoms with Crippen LogP contribution >= 0.6 is 0 Å². The highest BCUT2D eigenvalue weighted by molar-refractivity contribution is 5.16. The van der Waals surface area contributed by atoms with Gasteiger partial charge in [0, 0.05) is 0 Å². The van der Waals surface area contributed by atoms with Crippen molar-refractivity contribution in [2.75, 3.05) is 0 Å². The molecule has 1 aliphatic rings. The largest absolute Gasteiger partial charge is 0.0874 e. The van der Waals surface area contributed by atoms with Crippen LogP contribution in [0.25, 0.3) is 0 Å². The van der Waals surface area contributed by atoms with Crippen LogP contribution in [0.2, 0.25) is 0 Å². The first-order chi connectivity index (χ1) is 10.1. The minimum atomic E-state index is 0.833. The Morgan fingerprint density at radius 3 is 2.10 bits per heavy atom. The average molecular weight is 293 g/mol. The summed E-state index contributed by atoms with van der Waals surface area (Å²) >= 11 is 0. The highest BCUT2D eigenvalue weighted by Crippen LogP contribution is 2.28. The van der Waals surface area contributed by atoms with E-state index < -0.39 is 0 Å². The molecule has 0 N–H and O–H groups in total. The van der Waals surface area contributed by atoms with E-state index in [1.54, 1.807) is 0 Å². The fraction of sp³-hybridized carbons (Fsp3) is 0.810. The standard InChI is InChI=1S/C17H30.C4H10/c1-3-11-16(4-2)12-7-5-8-13-17-14-9-6-10-15-17;1-4(2)3/h3-4,11,17H,5-10,12-15H2,1-2H3;4H,1-3H3/b11-3-,16-4+;. The van der Waals surface area contributed by atoms with Crippen molar-refractivity contribution in [2.45, 2.75) is 98.8 Å². The van der Waals surface area contributed by atoms with E-state index in [0.29, 0.717) is 0 Å². The molecular formula is C21H40. The maximum absolute atomic E-state index is 2.25. The third-order valence-electron chi connectivity index (χ3n) is 4.05. The van der Waals surface area contributed by atoms with Crippen molar-refractivity contribution in [3.8, 4) is 0 Å². The Morgan fingerprint density at radius 2 is 1.57 bits per heavy atom. The summed E-state index contributed by atoms with van der Waals surface area (Å²) in [6.45, 7) is 10.8. The summed E-state index contributed by atoms with van der Waals surface area (Å²) in [7, 11) is 0. The molecule has 0 heteroatoms. The Labute approximate surface area is 135 Å². The first kappa shape index (κ1) is 20.5. The van der Waals surface area contributed by atoms with E-state index in [-0.39, 0.29) is 0 Å². The van der Waals surface area contributed by atoms with Gasteiger partial charge in [0.05, 0.1) is 0 Å². The highest BCUT2D eigenvalue weighted by Gasteiger charge is 2.12. The second kappa shape index (κ2) is 14.4. The molecule has 0 aliphatic heterocycles. The number of unbranched alkanes of at least 4 members (excludes halogenated alkanes) is 2. The van der Waals surface area contributed by atoms with Crippen LogP contribution in [0.1, 0.15) is 98.8 Å². The van der Waals surface area contributed by atoms with Gasteiger partial charge in [0.1, 0.15) is 0 Å². The second-order valence-electron chi connectivity index (χ2n) is 7.20. The Kier molecular flexibility index (Phi) is 14.1. The van der Waals surface area contributed by atoms with Crippen LogP contribution in [0.5, 0.6) is 0 Å². The smallest absolute Gasteiger partial charge is 0.0282 e. The van der Waals surface area contributed by atoms with Crippen LogP contribution < -0.4 is 0 Å². The fourth-order valence-corrected chi connectivity index (χ4v) is 2.95. The van der Waals surface area contributed by atoms with Gasteiger partial charge in [0.2, 0.25) is 0 Å². The lowest BCUT2D eigenvalue weighted by molar-refractivity contribution is 0.328. The van der Waals surface area contributed by atoms with Gasteiger partial charge in [-0.2, -0.15) is 0 Å². The Balaban J connectivity index is 0.000000885. The Bertz CT molecular complexity index is 261. The van der Waals surface area contributed by atoms with Crippen LogP contribution in [0.3, 0.4) is 0 Å². The highest BCUT2D eigenvalue weighted by atomic mass is 14.2. The molecule has 0 nitrogen and oxygen atoms in total. The van der Waals surface area contributed by atoms with Crippen molar-refractivity contribution in [1.82, 2.24) is 0 Å². The van der Waals surface area contributed by atoms with Gasteiger partial charge in [-0.05, 0) is 38.5 Å². The molecule has 124 valence electrons. The van der Waals surface area contributed by atoms with Crippen LogP contribution in [-0.4, -0.2) is 0 Å². The van der Waals surface area contributed by atoms with E-state index in [1.165, 1.54) is 69.8 Å². The van der Waals surface area contributed by atoms with E-state index in [0.717, 1.165) is 11.8 Å². The zero-order valence-electron chi connectivity index (χ0n) is 15.5. The minimum Gasteiger partial charge on any atom is -0.0874 e. The molecule has 0 saturated heterocycles. The summed E-state index contributed by atoms with van der Waals surface area (Å²) < 4.78 is 0. The lowest BCUT2D eigenvalue weighted by atomic mass is 9.85. The lowest BCUT2D eigenvalue weighted by Crippen LogP contribution is -2.05. The van der Waals surface area contributed by atoms with E-state index >= 15 is 0 Å². The lowest BCUT2D eigenvalue weighted by Gasteiger charge is -2.21. The van der Waals surface area contributed by atoms with Gasteiger partial charge >= 0.3 is 0 Å². The molecule has 0 unspecified atom stereocenters. The number of hydrogen-bond donors (Lipinski definition) is 0. The van der Waals surface area contributed by atoms with Crippen molar-refractivity contribution in [2.24, 2.45) is 11.8 Å². The SMILES string of the molecule is C/C=C\C(=C/C)CCCCCC1CCCCC1.CC(C)C. The zero-order valence-corrected chi connectivity index (χ0v) is 15.5. The first-order valence-corrected chi connectivity index (χ1v) is 9.38. The molecular weight excluding hydrogens is 252 g/mol. The van der Waals surface area contributed by atoms with Crippen LogP contribution in [0.15, 0.2) is 23.8 Å². The third kappa shape index (κ3) is 14.2. The average Bonchev–Trinajstić information content (AvgIpc) is 2.46. The van der Waals surface area contributed by atoms with E-state index in [1.807, 2.05) is 0 Å².